The molecule has 11 nitrogen and oxygen atoms in total. The first-order chi connectivity index (χ1) is 19.5. The van der Waals surface area contributed by atoms with Crippen LogP contribution in [0.3, 0.4) is 0 Å². The number of amides is 2. The fourth-order valence-electron chi connectivity index (χ4n) is 3.38. The number of hydrogen-bond acceptors (Lipinski definition) is 9. The molecule has 2 amide bonds. The summed E-state index contributed by atoms with van der Waals surface area (Å²) < 4.78 is 66.9. The zero-order valence-electron chi connectivity index (χ0n) is 22.7. The number of carbonyl (C=O) groups excluding carboxylic acids is 2. The minimum absolute atomic E-state index is 0.0140. The van der Waals surface area contributed by atoms with E-state index in [0.29, 0.717) is 0 Å². The largest absolute Gasteiger partial charge is 0.460 e. The van der Waals surface area contributed by atoms with E-state index >= 15 is 0 Å². The van der Waals surface area contributed by atoms with Crippen molar-refractivity contribution >= 4 is 37.5 Å². The van der Waals surface area contributed by atoms with E-state index in [0.717, 1.165) is 11.1 Å². The molecule has 3 aromatic carbocycles. The van der Waals surface area contributed by atoms with E-state index in [1.807, 2.05) is 18.6 Å². The molecule has 220 valence electrons. The van der Waals surface area contributed by atoms with Crippen molar-refractivity contribution in [2.24, 2.45) is 0 Å². The fourth-order valence-corrected chi connectivity index (χ4v) is 5.41. The number of ether oxygens (including phenoxy) is 3. The Labute approximate surface area is 239 Å². The van der Waals surface area contributed by atoms with E-state index in [9.17, 15) is 26.4 Å². The highest BCUT2D eigenvalue weighted by Gasteiger charge is 2.18. The minimum Gasteiger partial charge on any atom is -0.460 e. The summed E-state index contributed by atoms with van der Waals surface area (Å²) in [5.74, 6) is -0.747. The van der Waals surface area contributed by atoms with E-state index in [-0.39, 0.29) is 59.8 Å². The SMILES string of the molecule is Cc1ccc(S(=O)(=O)CCOCCOCCOC(=O)c2ccc(NC(=O)NS(=O)(=O)c3ccc(C)cc3)cc2)cc1. The van der Waals surface area contributed by atoms with Crippen molar-refractivity contribution in [1.82, 2.24) is 4.72 Å². The van der Waals surface area contributed by atoms with Gasteiger partial charge in [-0.05, 0) is 62.4 Å². The summed E-state index contributed by atoms with van der Waals surface area (Å²) in [6, 6.07) is 17.4. The van der Waals surface area contributed by atoms with Crippen LogP contribution >= 0.6 is 0 Å². The lowest BCUT2D eigenvalue weighted by Crippen LogP contribution is -2.34. The van der Waals surface area contributed by atoms with E-state index in [1.165, 1.54) is 36.4 Å². The summed E-state index contributed by atoms with van der Waals surface area (Å²) in [4.78, 5) is 24.6. The molecule has 0 saturated heterocycles. The molecule has 13 heteroatoms. The first-order valence-electron chi connectivity index (χ1n) is 12.6. The van der Waals surface area contributed by atoms with Gasteiger partial charge in [0, 0.05) is 5.69 Å². The Morgan fingerprint density at radius 1 is 0.659 bits per heavy atom. The van der Waals surface area contributed by atoms with Gasteiger partial charge in [0.1, 0.15) is 6.61 Å². The molecule has 0 heterocycles. The third-order valence-corrected chi connectivity index (χ3v) is 8.69. The molecule has 3 rings (SSSR count). The number of nitrogens with one attached hydrogen (secondary N) is 2. The molecule has 0 radical (unpaired) electrons. The molecular weight excluding hydrogens is 572 g/mol. The summed E-state index contributed by atoms with van der Waals surface area (Å²) in [7, 11) is -7.45. The van der Waals surface area contributed by atoms with Gasteiger partial charge in [0.25, 0.3) is 10.0 Å². The van der Waals surface area contributed by atoms with E-state index in [2.05, 4.69) is 5.32 Å². The maximum absolute atomic E-state index is 12.3. The molecule has 0 aromatic heterocycles. The lowest BCUT2D eigenvalue weighted by Gasteiger charge is -2.10. The molecule has 41 heavy (non-hydrogen) atoms. The number of rotatable bonds is 14. The van der Waals surface area contributed by atoms with E-state index < -0.39 is 31.9 Å². The van der Waals surface area contributed by atoms with Crippen molar-refractivity contribution in [2.45, 2.75) is 23.6 Å². The highest BCUT2D eigenvalue weighted by molar-refractivity contribution is 7.91. The van der Waals surface area contributed by atoms with Gasteiger partial charge in [0.05, 0.1) is 47.5 Å². The predicted molar refractivity (Wildman–Crippen MR) is 152 cm³/mol. The van der Waals surface area contributed by atoms with E-state index in [4.69, 9.17) is 14.2 Å². The summed E-state index contributed by atoms with van der Waals surface area (Å²) in [6.07, 6.45) is 0. The summed E-state index contributed by atoms with van der Waals surface area (Å²) in [5, 5.41) is 2.40. The number of carbonyl (C=O) groups is 2. The molecule has 0 aliphatic carbocycles. The molecule has 3 aromatic rings. The van der Waals surface area contributed by atoms with Crippen molar-refractivity contribution in [3.05, 3.63) is 89.5 Å². The summed E-state index contributed by atoms with van der Waals surface area (Å²) >= 11 is 0. The number of benzene rings is 3. The number of sulfonamides is 1. The second-order valence-corrected chi connectivity index (χ2v) is 12.7. The first kappa shape index (κ1) is 31.7. The summed E-state index contributed by atoms with van der Waals surface area (Å²) in [5.41, 5.74) is 2.35. The molecule has 0 bridgehead atoms. The molecule has 0 saturated carbocycles. The minimum atomic E-state index is -4.04. The van der Waals surface area contributed by atoms with Crippen molar-refractivity contribution in [2.75, 3.05) is 44.1 Å². The first-order valence-corrected chi connectivity index (χ1v) is 15.7. The third kappa shape index (κ3) is 10.3. The highest BCUT2D eigenvalue weighted by Crippen LogP contribution is 2.14. The van der Waals surface area contributed by atoms with Crippen LogP contribution in [-0.2, 0) is 34.1 Å². The normalized spacial score (nSPS) is 11.6. The van der Waals surface area contributed by atoms with Crippen molar-refractivity contribution in [3.63, 3.8) is 0 Å². The maximum atomic E-state index is 12.3. The topological polar surface area (TPSA) is 154 Å². The number of hydrogen-bond donors (Lipinski definition) is 2. The Hall–Kier alpha value is -3.78. The zero-order chi connectivity index (χ0) is 29.9. The van der Waals surface area contributed by atoms with Crippen molar-refractivity contribution in [3.8, 4) is 0 Å². The van der Waals surface area contributed by atoms with Crippen LogP contribution in [0.25, 0.3) is 0 Å². The maximum Gasteiger partial charge on any atom is 0.338 e. The van der Waals surface area contributed by atoms with Gasteiger partial charge in [-0.1, -0.05) is 35.4 Å². The van der Waals surface area contributed by atoms with Gasteiger partial charge in [-0.25, -0.2) is 31.1 Å². The van der Waals surface area contributed by atoms with Crippen molar-refractivity contribution < 1.29 is 40.6 Å². The number of esters is 1. The quantitative estimate of drug-likeness (QED) is 0.208. The second kappa shape index (κ2) is 14.7. The predicted octanol–water partition coefficient (Wildman–Crippen LogP) is 3.48. The third-order valence-electron chi connectivity index (χ3n) is 5.65. The van der Waals surface area contributed by atoms with Crippen LogP contribution in [0.15, 0.2) is 82.6 Å². The Morgan fingerprint density at radius 2 is 1.17 bits per heavy atom. The molecule has 0 aliphatic heterocycles. The molecule has 0 aliphatic rings. The lowest BCUT2D eigenvalue weighted by molar-refractivity contribution is 0.0166. The second-order valence-electron chi connectivity index (χ2n) is 8.94. The van der Waals surface area contributed by atoms with Crippen LogP contribution in [0, 0.1) is 13.8 Å². The van der Waals surface area contributed by atoms with Gasteiger partial charge in [0.2, 0.25) is 0 Å². The van der Waals surface area contributed by atoms with Crippen molar-refractivity contribution in [1.29, 1.82) is 0 Å². The van der Waals surface area contributed by atoms with Crippen LogP contribution in [0.4, 0.5) is 10.5 Å². The molecular formula is C28H32N2O9S2. The van der Waals surface area contributed by atoms with Gasteiger partial charge in [-0.15, -0.1) is 0 Å². The Morgan fingerprint density at radius 3 is 1.76 bits per heavy atom. The van der Waals surface area contributed by atoms with Crippen LogP contribution in [-0.4, -0.2) is 67.6 Å². The highest BCUT2D eigenvalue weighted by atomic mass is 32.2. The zero-order valence-corrected chi connectivity index (χ0v) is 24.3. The van der Waals surface area contributed by atoms with Gasteiger partial charge in [-0.2, -0.15) is 0 Å². The lowest BCUT2D eigenvalue weighted by atomic mass is 10.2. The Balaban J connectivity index is 1.29. The number of urea groups is 1. The molecule has 0 fully saturated rings. The number of aryl methyl sites for hydroxylation is 2. The van der Waals surface area contributed by atoms with Crippen LogP contribution in [0.5, 0.6) is 0 Å². The Bertz CT molecular complexity index is 1520. The van der Waals surface area contributed by atoms with Gasteiger partial charge in [0.15, 0.2) is 9.84 Å². The Kier molecular flexibility index (Phi) is 11.4. The number of anilines is 1. The average molecular weight is 605 g/mol. The van der Waals surface area contributed by atoms with Crippen LogP contribution in [0.1, 0.15) is 21.5 Å². The molecule has 0 atom stereocenters. The average Bonchev–Trinajstić information content (AvgIpc) is 2.92. The van der Waals surface area contributed by atoms with Crippen LogP contribution in [0.2, 0.25) is 0 Å². The monoisotopic (exact) mass is 604 g/mol. The summed E-state index contributed by atoms with van der Waals surface area (Å²) in [6.45, 7) is 4.22. The van der Waals surface area contributed by atoms with Gasteiger partial charge < -0.3 is 19.5 Å². The van der Waals surface area contributed by atoms with Gasteiger partial charge >= 0.3 is 12.0 Å². The molecule has 2 N–H and O–H groups in total. The number of sulfone groups is 1. The fraction of sp³-hybridized carbons (Fsp3) is 0.286. The molecule has 0 unspecified atom stereocenters. The smallest absolute Gasteiger partial charge is 0.338 e. The van der Waals surface area contributed by atoms with E-state index in [1.54, 1.807) is 36.4 Å². The van der Waals surface area contributed by atoms with Gasteiger partial charge in [-0.3, -0.25) is 0 Å². The van der Waals surface area contributed by atoms with Crippen LogP contribution < -0.4 is 10.0 Å². The standard InChI is InChI=1S/C28H32N2O9S2/c1-21-3-11-25(12-4-21)40(33,34)20-19-38-16-15-37-17-18-39-27(31)23-7-9-24(10-8-23)29-28(32)30-41(35,36)26-13-5-22(2)6-14-26/h3-14H,15-20H2,1-2H3,(H2,29,30,32). The molecule has 0 spiro atoms.